The third-order valence-electron chi connectivity index (χ3n) is 6.04. The Balaban J connectivity index is 2.44. The number of aryl methyl sites for hydroxylation is 3. The maximum Gasteiger partial charge on any atom is 0.161 e. The standard InChI is InChI=1S/C23H31NSi/c1-16-13-17(2)22(18(3)14-16)21-15-19-11-9-10-12-20(19)24(21)25(7,8)23(4,5)6/h9-15H,1-8H3. The topological polar surface area (TPSA) is 4.93 Å². The van der Waals surface area contributed by atoms with E-state index in [9.17, 15) is 0 Å². The molecule has 0 radical (unpaired) electrons. The SMILES string of the molecule is Cc1cc(C)c(-c2cc3ccccc3n2[Si](C)(C)C(C)(C)C)c(C)c1. The molecule has 3 rings (SSSR count). The summed E-state index contributed by atoms with van der Waals surface area (Å²) in [5.74, 6) is 0. The molecule has 3 aromatic rings. The van der Waals surface area contributed by atoms with Crippen LogP contribution in [0.1, 0.15) is 37.5 Å². The molecular formula is C23H31NSi. The number of nitrogens with zero attached hydrogens (tertiary/aromatic N) is 1. The molecule has 1 heterocycles. The van der Waals surface area contributed by atoms with Crippen LogP contribution in [0.3, 0.4) is 0 Å². The lowest BCUT2D eigenvalue weighted by Crippen LogP contribution is -2.45. The highest BCUT2D eigenvalue weighted by Crippen LogP contribution is 2.43. The Hall–Kier alpha value is -1.80. The Morgan fingerprint density at radius 3 is 1.96 bits per heavy atom. The normalized spacial score (nSPS) is 12.8. The van der Waals surface area contributed by atoms with Crippen LogP contribution in [0, 0.1) is 20.8 Å². The molecule has 0 atom stereocenters. The molecule has 0 aliphatic carbocycles. The highest BCUT2D eigenvalue weighted by atomic mass is 28.3. The predicted octanol–water partition coefficient (Wildman–Crippen LogP) is 7.09. The van der Waals surface area contributed by atoms with Gasteiger partial charge in [-0.3, -0.25) is 0 Å². The van der Waals surface area contributed by atoms with E-state index in [1.165, 1.54) is 38.9 Å². The van der Waals surface area contributed by atoms with Crippen molar-refractivity contribution in [1.82, 2.24) is 4.23 Å². The first-order chi connectivity index (χ1) is 11.5. The molecule has 1 aromatic heterocycles. The van der Waals surface area contributed by atoms with Gasteiger partial charge in [0.2, 0.25) is 0 Å². The minimum atomic E-state index is -1.76. The number of aromatic nitrogens is 1. The molecule has 0 saturated heterocycles. The van der Waals surface area contributed by atoms with Crippen LogP contribution in [-0.2, 0) is 0 Å². The molecule has 0 fully saturated rings. The van der Waals surface area contributed by atoms with Gasteiger partial charge >= 0.3 is 0 Å². The van der Waals surface area contributed by atoms with Gasteiger partial charge in [0.25, 0.3) is 0 Å². The van der Waals surface area contributed by atoms with Crippen molar-refractivity contribution in [3.63, 3.8) is 0 Å². The van der Waals surface area contributed by atoms with Gasteiger partial charge in [-0.25, -0.2) is 0 Å². The largest absolute Gasteiger partial charge is 0.368 e. The van der Waals surface area contributed by atoms with E-state index in [4.69, 9.17) is 0 Å². The number of para-hydroxylation sites is 1. The third kappa shape index (κ3) is 2.87. The summed E-state index contributed by atoms with van der Waals surface area (Å²) in [6.45, 7) is 18.9. The first-order valence-electron chi connectivity index (χ1n) is 9.23. The van der Waals surface area contributed by atoms with Gasteiger partial charge in [0.15, 0.2) is 8.24 Å². The Labute approximate surface area is 153 Å². The summed E-state index contributed by atoms with van der Waals surface area (Å²) in [5, 5.41) is 1.62. The van der Waals surface area contributed by atoms with E-state index in [1.807, 2.05) is 0 Å². The van der Waals surface area contributed by atoms with Crippen LogP contribution in [0.4, 0.5) is 0 Å². The fourth-order valence-corrected chi connectivity index (χ4v) is 6.12. The van der Waals surface area contributed by atoms with Crippen molar-refractivity contribution >= 4 is 19.1 Å². The summed E-state index contributed by atoms with van der Waals surface area (Å²) >= 11 is 0. The molecule has 0 spiro atoms. The quantitative estimate of drug-likeness (QED) is 0.435. The van der Waals surface area contributed by atoms with Crippen LogP contribution in [0.2, 0.25) is 18.1 Å². The van der Waals surface area contributed by atoms with Crippen LogP contribution in [0.5, 0.6) is 0 Å². The van der Waals surface area contributed by atoms with Gasteiger partial charge in [0.1, 0.15) is 0 Å². The molecule has 0 saturated carbocycles. The summed E-state index contributed by atoms with van der Waals surface area (Å²) in [7, 11) is -1.76. The van der Waals surface area contributed by atoms with E-state index in [0.29, 0.717) is 0 Å². The first kappa shape index (κ1) is 18.0. The van der Waals surface area contributed by atoms with Crippen molar-refractivity contribution in [1.29, 1.82) is 0 Å². The van der Waals surface area contributed by atoms with Gasteiger partial charge in [0.05, 0.1) is 0 Å². The Morgan fingerprint density at radius 2 is 1.40 bits per heavy atom. The van der Waals surface area contributed by atoms with E-state index < -0.39 is 8.24 Å². The molecule has 25 heavy (non-hydrogen) atoms. The van der Waals surface area contributed by atoms with Crippen LogP contribution >= 0.6 is 0 Å². The lowest BCUT2D eigenvalue weighted by molar-refractivity contribution is 0.703. The van der Waals surface area contributed by atoms with Crippen molar-refractivity contribution in [3.8, 4) is 11.3 Å². The zero-order valence-electron chi connectivity index (χ0n) is 17.0. The minimum absolute atomic E-state index is 0.274. The van der Waals surface area contributed by atoms with E-state index in [-0.39, 0.29) is 5.04 Å². The van der Waals surface area contributed by atoms with Crippen LogP contribution in [0.25, 0.3) is 22.2 Å². The molecule has 0 unspecified atom stereocenters. The molecule has 2 heteroatoms. The lowest BCUT2D eigenvalue weighted by Gasteiger charge is -2.40. The number of hydrogen-bond donors (Lipinski definition) is 0. The summed E-state index contributed by atoms with van der Waals surface area (Å²) in [5.41, 5.74) is 8.27. The van der Waals surface area contributed by atoms with Crippen molar-refractivity contribution in [2.45, 2.75) is 59.7 Å². The van der Waals surface area contributed by atoms with E-state index in [1.54, 1.807) is 0 Å². The molecule has 0 aliphatic heterocycles. The summed E-state index contributed by atoms with van der Waals surface area (Å²) in [6.07, 6.45) is 0. The molecule has 1 nitrogen and oxygen atoms in total. The molecule has 0 aliphatic rings. The molecule has 0 bridgehead atoms. The average molecular weight is 350 g/mol. The molecule has 0 amide bonds. The average Bonchev–Trinajstić information content (AvgIpc) is 2.84. The fraction of sp³-hybridized carbons (Fsp3) is 0.391. The molecule has 0 N–H and O–H groups in total. The van der Waals surface area contributed by atoms with Crippen molar-refractivity contribution in [3.05, 3.63) is 59.2 Å². The predicted molar refractivity (Wildman–Crippen MR) is 114 cm³/mol. The van der Waals surface area contributed by atoms with Gasteiger partial charge in [-0.05, 0) is 54.5 Å². The zero-order chi connectivity index (χ0) is 18.6. The number of benzene rings is 2. The first-order valence-corrected chi connectivity index (χ1v) is 12.2. The van der Waals surface area contributed by atoms with E-state index >= 15 is 0 Å². The Bertz CT molecular complexity index is 915. The van der Waals surface area contributed by atoms with Gasteiger partial charge < -0.3 is 4.23 Å². The Morgan fingerprint density at radius 1 is 0.840 bits per heavy atom. The fourth-order valence-electron chi connectivity index (χ4n) is 3.86. The van der Waals surface area contributed by atoms with Gasteiger partial charge in [-0.1, -0.05) is 69.8 Å². The van der Waals surface area contributed by atoms with Gasteiger partial charge in [-0.15, -0.1) is 0 Å². The van der Waals surface area contributed by atoms with Crippen LogP contribution in [-0.4, -0.2) is 12.5 Å². The summed E-state index contributed by atoms with van der Waals surface area (Å²) in [6, 6.07) is 15.9. The number of rotatable bonds is 2. The highest BCUT2D eigenvalue weighted by molar-refractivity contribution is 6.79. The second-order valence-corrected chi connectivity index (χ2v) is 14.1. The van der Waals surface area contributed by atoms with Crippen LogP contribution in [0.15, 0.2) is 42.5 Å². The lowest BCUT2D eigenvalue weighted by atomic mass is 9.97. The number of hydrogen-bond acceptors (Lipinski definition) is 0. The zero-order valence-corrected chi connectivity index (χ0v) is 18.0. The van der Waals surface area contributed by atoms with E-state index in [0.717, 1.165) is 0 Å². The van der Waals surface area contributed by atoms with Gasteiger partial charge in [0, 0.05) is 16.8 Å². The van der Waals surface area contributed by atoms with Gasteiger partial charge in [-0.2, -0.15) is 0 Å². The third-order valence-corrected chi connectivity index (χ3v) is 11.3. The van der Waals surface area contributed by atoms with Crippen LogP contribution < -0.4 is 0 Å². The van der Waals surface area contributed by atoms with E-state index in [2.05, 4.69) is 101 Å². The second-order valence-electron chi connectivity index (χ2n) is 9.01. The monoisotopic (exact) mass is 349 g/mol. The summed E-state index contributed by atoms with van der Waals surface area (Å²) in [4.78, 5) is 0. The van der Waals surface area contributed by atoms with Crippen molar-refractivity contribution in [2.24, 2.45) is 0 Å². The molecule has 2 aromatic carbocycles. The maximum absolute atomic E-state index is 2.70. The summed E-state index contributed by atoms with van der Waals surface area (Å²) < 4.78 is 2.70. The number of fused-ring (bicyclic) bond motifs is 1. The smallest absolute Gasteiger partial charge is 0.161 e. The second kappa shape index (κ2) is 5.88. The highest BCUT2D eigenvalue weighted by Gasteiger charge is 2.40. The van der Waals surface area contributed by atoms with Crippen molar-refractivity contribution < 1.29 is 0 Å². The van der Waals surface area contributed by atoms with Crippen molar-refractivity contribution in [2.75, 3.05) is 0 Å². The Kier molecular flexibility index (Phi) is 4.23. The minimum Gasteiger partial charge on any atom is -0.368 e. The molecular weight excluding hydrogens is 318 g/mol. The maximum atomic E-state index is 2.70. The molecule has 132 valence electrons.